The van der Waals surface area contributed by atoms with Gasteiger partial charge in [0.25, 0.3) is 5.91 Å². The second kappa shape index (κ2) is 8.03. The number of rotatable bonds is 7. The SMILES string of the molecule is CCOc1ccccc1C(=O)O[C@H](C)C(=O)NCc1ccco1. The van der Waals surface area contributed by atoms with Gasteiger partial charge in [-0.05, 0) is 38.1 Å². The molecule has 1 heterocycles. The molecule has 0 fully saturated rings. The molecule has 1 amide bonds. The summed E-state index contributed by atoms with van der Waals surface area (Å²) in [5.41, 5.74) is 0.292. The zero-order valence-electron chi connectivity index (χ0n) is 13.1. The number of carbonyl (C=O) groups excluding carboxylic acids is 2. The van der Waals surface area contributed by atoms with Crippen LogP contribution in [0.15, 0.2) is 47.1 Å². The number of esters is 1. The first-order valence-corrected chi connectivity index (χ1v) is 7.34. The van der Waals surface area contributed by atoms with Crippen LogP contribution in [-0.4, -0.2) is 24.6 Å². The molecule has 1 atom stereocenters. The number of nitrogens with one attached hydrogen (secondary N) is 1. The Balaban J connectivity index is 1.92. The van der Waals surface area contributed by atoms with Gasteiger partial charge in [-0.25, -0.2) is 4.79 Å². The van der Waals surface area contributed by atoms with Crippen molar-refractivity contribution >= 4 is 11.9 Å². The molecular weight excluding hydrogens is 298 g/mol. The lowest BCUT2D eigenvalue weighted by Crippen LogP contribution is -2.35. The van der Waals surface area contributed by atoms with E-state index in [0.717, 1.165) is 0 Å². The zero-order chi connectivity index (χ0) is 16.7. The number of ether oxygens (including phenoxy) is 2. The van der Waals surface area contributed by atoms with Crippen LogP contribution >= 0.6 is 0 Å². The number of furan rings is 1. The van der Waals surface area contributed by atoms with Crippen LogP contribution in [0.5, 0.6) is 5.75 Å². The van der Waals surface area contributed by atoms with Crippen LogP contribution in [0.1, 0.15) is 30.0 Å². The molecule has 0 radical (unpaired) electrons. The summed E-state index contributed by atoms with van der Waals surface area (Å²) in [6.07, 6.45) is 0.599. The van der Waals surface area contributed by atoms with Gasteiger partial charge in [-0.2, -0.15) is 0 Å². The van der Waals surface area contributed by atoms with E-state index in [2.05, 4.69) is 5.32 Å². The number of hydrogen-bond acceptors (Lipinski definition) is 5. The molecule has 1 N–H and O–H groups in total. The molecule has 0 saturated carbocycles. The molecule has 0 aliphatic rings. The van der Waals surface area contributed by atoms with E-state index >= 15 is 0 Å². The molecule has 1 aromatic heterocycles. The summed E-state index contributed by atoms with van der Waals surface area (Å²) in [4.78, 5) is 24.1. The third-order valence-corrected chi connectivity index (χ3v) is 3.08. The highest BCUT2D eigenvalue weighted by atomic mass is 16.5. The standard InChI is InChI=1S/C17H19NO5/c1-3-21-15-9-5-4-8-14(15)17(20)23-12(2)16(19)18-11-13-7-6-10-22-13/h4-10,12H,3,11H2,1-2H3,(H,18,19)/t12-/m1/s1. The smallest absolute Gasteiger partial charge is 0.342 e. The fourth-order valence-corrected chi connectivity index (χ4v) is 1.93. The van der Waals surface area contributed by atoms with Gasteiger partial charge in [-0.1, -0.05) is 12.1 Å². The molecule has 0 saturated heterocycles. The highest BCUT2D eigenvalue weighted by Crippen LogP contribution is 2.19. The fourth-order valence-electron chi connectivity index (χ4n) is 1.93. The minimum absolute atomic E-state index is 0.239. The molecule has 0 aliphatic heterocycles. The van der Waals surface area contributed by atoms with Gasteiger partial charge in [0.15, 0.2) is 6.10 Å². The largest absolute Gasteiger partial charge is 0.493 e. The van der Waals surface area contributed by atoms with Gasteiger partial charge in [0.1, 0.15) is 17.1 Å². The highest BCUT2D eigenvalue weighted by Gasteiger charge is 2.21. The zero-order valence-corrected chi connectivity index (χ0v) is 13.1. The maximum Gasteiger partial charge on any atom is 0.342 e. The molecule has 1 aromatic carbocycles. The Morgan fingerprint density at radius 1 is 1.22 bits per heavy atom. The first-order valence-electron chi connectivity index (χ1n) is 7.34. The van der Waals surface area contributed by atoms with E-state index in [4.69, 9.17) is 13.9 Å². The Morgan fingerprint density at radius 3 is 2.70 bits per heavy atom. The van der Waals surface area contributed by atoms with Crippen LogP contribution in [0, 0.1) is 0 Å². The topological polar surface area (TPSA) is 77.8 Å². The lowest BCUT2D eigenvalue weighted by molar-refractivity contribution is -0.129. The Labute approximate surface area is 134 Å². The average molecular weight is 317 g/mol. The molecule has 23 heavy (non-hydrogen) atoms. The number of amides is 1. The maximum absolute atomic E-state index is 12.2. The van der Waals surface area contributed by atoms with Crippen LogP contribution in [0.25, 0.3) is 0 Å². The first-order chi connectivity index (χ1) is 11.1. The van der Waals surface area contributed by atoms with E-state index in [9.17, 15) is 9.59 Å². The van der Waals surface area contributed by atoms with E-state index < -0.39 is 18.0 Å². The molecular formula is C17H19NO5. The number of para-hydroxylation sites is 1. The molecule has 0 unspecified atom stereocenters. The Morgan fingerprint density at radius 2 is 2.00 bits per heavy atom. The fraction of sp³-hybridized carbons (Fsp3) is 0.294. The lowest BCUT2D eigenvalue weighted by Gasteiger charge is -2.14. The van der Waals surface area contributed by atoms with Crippen molar-refractivity contribution in [2.75, 3.05) is 6.61 Å². The predicted octanol–water partition coefficient (Wildman–Crippen LogP) is 2.54. The molecule has 122 valence electrons. The summed E-state index contributed by atoms with van der Waals surface area (Å²) >= 11 is 0. The Kier molecular flexibility index (Phi) is 5.80. The van der Waals surface area contributed by atoms with Crippen LogP contribution in [0.4, 0.5) is 0 Å². The van der Waals surface area contributed by atoms with Crippen LogP contribution in [0.2, 0.25) is 0 Å². The molecule has 2 rings (SSSR count). The monoisotopic (exact) mass is 317 g/mol. The highest BCUT2D eigenvalue weighted by molar-refractivity contribution is 5.94. The minimum Gasteiger partial charge on any atom is -0.493 e. The average Bonchev–Trinajstić information content (AvgIpc) is 3.06. The van der Waals surface area contributed by atoms with Gasteiger partial charge in [0.2, 0.25) is 0 Å². The second-order valence-corrected chi connectivity index (χ2v) is 4.77. The maximum atomic E-state index is 12.2. The van der Waals surface area contributed by atoms with Crippen molar-refractivity contribution in [2.45, 2.75) is 26.5 Å². The Hall–Kier alpha value is -2.76. The van der Waals surface area contributed by atoms with Gasteiger partial charge in [0.05, 0.1) is 19.4 Å². The summed E-state index contributed by atoms with van der Waals surface area (Å²) in [7, 11) is 0. The van der Waals surface area contributed by atoms with Gasteiger partial charge in [-0.15, -0.1) is 0 Å². The van der Waals surface area contributed by atoms with Crippen molar-refractivity contribution in [1.29, 1.82) is 0 Å². The quantitative estimate of drug-likeness (QED) is 0.794. The van der Waals surface area contributed by atoms with Crippen molar-refractivity contribution < 1.29 is 23.5 Å². The van der Waals surface area contributed by atoms with E-state index in [-0.39, 0.29) is 6.54 Å². The molecule has 2 aromatic rings. The summed E-state index contributed by atoms with van der Waals surface area (Å²) in [5.74, 6) is 0.0556. The normalized spacial score (nSPS) is 11.6. The molecule has 6 heteroatoms. The van der Waals surface area contributed by atoms with Gasteiger partial charge >= 0.3 is 5.97 Å². The van der Waals surface area contributed by atoms with Crippen LogP contribution < -0.4 is 10.1 Å². The number of hydrogen-bond donors (Lipinski definition) is 1. The minimum atomic E-state index is -0.924. The predicted molar refractivity (Wildman–Crippen MR) is 83.0 cm³/mol. The van der Waals surface area contributed by atoms with Crippen LogP contribution in [-0.2, 0) is 16.1 Å². The molecule has 0 spiro atoms. The lowest BCUT2D eigenvalue weighted by atomic mass is 10.2. The third-order valence-electron chi connectivity index (χ3n) is 3.08. The van der Waals surface area contributed by atoms with Gasteiger partial charge in [0, 0.05) is 0 Å². The number of carbonyl (C=O) groups is 2. The summed E-state index contributed by atoms with van der Waals surface area (Å²) in [6.45, 7) is 4.01. The van der Waals surface area contributed by atoms with Gasteiger partial charge < -0.3 is 19.2 Å². The molecule has 0 aliphatic carbocycles. The van der Waals surface area contributed by atoms with E-state index in [1.54, 1.807) is 36.4 Å². The van der Waals surface area contributed by atoms with E-state index in [1.807, 2.05) is 6.92 Å². The van der Waals surface area contributed by atoms with Crippen molar-refractivity contribution in [3.63, 3.8) is 0 Å². The van der Waals surface area contributed by atoms with Crippen molar-refractivity contribution in [1.82, 2.24) is 5.32 Å². The Bertz CT molecular complexity index is 651. The van der Waals surface area contributed by atoms with Crippen molar-refractivity contribution in [3.05, 3.63) is 54.0 Å². The first kappa shape index (κ1) is 16.6. The summed E-state index contributed by atoms with van der Waals surface area (Å²) in [6, 6.07) is 10.2. The van der Waals surface area contributed by atoms with Crippen molar-refractivity contribution in [3.8, 4) is 5.75 Å². The van der Waals surface area contributed by atoms with E-state index in [0.29, 0.717) is 23.7 Å². The summed E-state index contributed by atoms with van der Waals surface area (Å²) in [5, 5.41) is 2.64. The third kappa shape index (κ3) is 4.60. The van der Waals surface area contributed by atoms with Crippen LogP contribution in [0.3, 0.4) is 0 Å². The number of benzene rings is 1. The van der Waals surface area contributed by atoms with Crippen molar-refractivity contribution in [2.24, 2.45) is 0 Å². The van der Waals surface area contributed by atoms with E-state index in [1.165, 1.54) is 13.2 Å². The summed E-state index contributed by atoms with van der Waals surface area (Å²) < 4.78 is 15.7. The molecule has 6 nitrogen and oxygen atoms in total. The molecule has 0 bridgehead atoms. The van der Waals surface area contributed by atoms with Gasteiger partial charge in [-0.3, -0.25) is 4.79 Å². The second-order valence-electron chi connectivity index (χ2n) is 4.77.